The van der Waals surface area contributed by atoms with Crippen molar-refractivity contribution in [3.8, 4) is 0 Å². The van der Waals surface area contributed by atoms with Crippen LogP contribution < -0.4 is 0 Å². The number of carbonyl (C=O) groups is 4. The standard InChI is InChI=1S/C24H24O6/c1-13(25)11-15-3-7-17(8-4-15)19-21(23(27)28)20(22(19)24(29)30)18-9-5-16(6-10-18)12-14(2)26/h3-10,19-22H,11-12H2,1-2H3,(H,27,28)(H,29,30). The van der Waals surface area contributed by atoms with Gasteiger partial charge in [-0.3, -0.25) is 19.2 Å². The molecule has 30 heavy (non-hydrogen) atoms. The molecule has 0 atom stereocenters. The second-order valence-corrected chi connectivity index (χ2v) is 8.02. The lowest BCUT2D eigenvalue weighted by Crippen LogP contribution is -2.50. The Balaban J connectivity index is 1.92. The first-order valence-electron chi connectivity index (χ1n) is 9.81. The zero-order chi connectivity index (χ0) is 22.0. The maximum atomic E-state index is 12.1. The summed E-state index contributed by atoms with van der Waals surface area (Å²) in [6.07, 6.45) is 0.565. The van der Waals surface area contributed by atoms with Crippen molar-refractivity contribution in [1.82, 2.24) is 0 Å². The van der Waals surface area contributed by atoms with Gasteiger partial charge in [0.2, 0.25) is 0 Å². The monoisotopic (exact) mass is 408 g/mol. The van der Waals surface area contributed by atoms with Crippen molar-refractivity contribution < 1.29 is 29.4 Å². The van der Waals surface area contributed by atoms with Crippen molar-refractivity contribution >= 4 is 23.5 Å². The Bertz CT molecular complexity index is 884. The number of benzene rings is 2. The molecule has 6 heteroatoms. The van der Waals surface area contributed by atoms with E-state index >= 15 is 0 Å². The van der Waals surface area contributed by atoms with Crippen molar-refractivity contribution in [1.29, 1.82) is 0 Å². The van der Waals surface area contributed by atoms with E-state index in [0.29, 0.717) is 11.1 Å². The SMILES string of the molecule is CC(=O)Cc1ccc(C2C(C(=O)O)C(c3ccc(CC(C)=O)cc3)C2C(=O)O)cc1. The third-order valence-electron chi connectivity index (χ3n) is 5.75. The molecule has 3 rings (SSSR count). The third kappa shape index (κ3) is 4.32. The largest absolute Gasteiger partial charge is 0.481 e. The van der Waals surface area contributed by atoms with Gasteiger partial charge in [0, 0.05) is 24.7 Å². The first kappa shape index (κ1) is 21.4. The maximum absolute atomic E-state index is 12.1. The molecule has 1 aliphatic carbocycles. The second kappa shape index (κ2) is 8.61. The summed E-state index contributed by atoms with van der Waals surface area (Å²) < 4.78 is 0. The first-order chi connectivity index (χ1) is 14.2. The van der Waals surface area contributed by atoms with Crippen LogP contribution in [0.1, 0.15) is 47.9 Å². The Kier molecular flexibility index (Phi) is 6.15. The second-order valence-electron chi connectivity index (χ2n) is 8.02. The quantitative estimate of drug-likeness (QED) is 0.694. The predicted molar refractivity (Wildman–Crippen MR) is 109 cm³/mol. The highest BCUT2D eigenvalue weighted by Crippen LogP contribution is 2.57. The van der Waals surface area contributed by atoms with Crippen molar-refractivity contribution in [2.45, 2.75) is 38.5 Å². The molecular weight excluding hydrogens is 384 g/mol. The molecule has 1 aliphatic rings. The molecular formula is C24H24O6. The van der Waals surface area contributed by atoms with Crippen LogP contribution in [0.3, 0.4) is 0 Å². The average Bonchev–Trinajstić information content (AvgIpc) is 2.62. The number of hydrogen-bond acceptors (Lipinski definition) is 4. The fourth-order valence-corrected chi connectivity index (χ4v) is 4.48. The van der Waals surface area contributed by atoms with E-state index in [-0.39, 0.29) is 24.4 Å². The topological polar surface area (TPSA) is 109 Å². The van der Waals surface area contributed by atoms with Crippen LogP contribution in [-0.4, -0.2) is 33.7 Å². The molecule has 2 N–H and O–H groups in total. The average molecular weight is 408 g/mol. The molecule has 156 valence electrons. The number of ketones is 2. The number of rotatable bonds is 8. The van der Waals surface area contributed by atoms with E-state index < -0.39 is 35.6 Å². The van der Waals surface area contributed by atoms with Crippen molar-refractivity contribution in [3.05, 3.63) is 70.8 Å². The molecule has 0 amide bonds. The van der Waals surface area contributed by atoms with Crippen LogP contribution in [0.2, 0.25) is 0 Å². The van der Waals surface area contributed by atoms with Gasteiger partial charge in [0.25, 0.3) is 0 Å². The van der Waals surface area contributed by atoms with E-state index in [1.807, 2.05) is 0 Å². The summed E-state index contributed by atoms with van der Waals surface area (Å²) in [6, 6.07) is 13.9. The number of carbonyl (C=O) groups excluding carboxylic acids is 2. The van der Waals surface area contributed by atoms with Gasteiger partial charge in [-0.2, -0.15) is 0 Å². The number of hydrogen-bond donors (Lipinski definition) is 2. The fraction of sp³-hybridized carbons (Fsp3) is 0.333. The van der Waals surface area contributed by atoms with E-state index in [2.05, 4.69) is 0 Å². The summed E-state index contributed by atoms with van der Waals surface area (Å²) in [5.41, 5.74) is 2.90. The Morgan fingerprint density at radius 2 is 0.933 bits per heavy atom. The molecule has 2 aromatic rings. The maximum Gasteiger partial charge on any atom is 0.307 e. The summed E-state index contributed by atoms with van der Waals surface area (Å²) in [6.45, 7) is 2.99. The fourth-order valence-electron chi connectivity index (χ4n) is 4.48. The molecule has 0 radical (unpaired) electrons. The molecule has 0 aromatic heterocycles. The molecule has 1 fully saturated rings. The normalized spacial score (nSPS) is 22.7. The molecule has 0 spiro atoms. The Labute approximate surface area is 174 Å². The van der Waals surface area contributed by atoms with Crippen LogP contribution in [0, 0.1) is 11.8 Å². The van der Waals surface area contributed by atoms with Crippen molar-refractivity contribution in [2.24, 2.45) is 11.8 Å². The highest BCUT2D eigenvalue weighted by molar-refractivity contribution is 5.84. The van der Waals surface area contributed by atoms with Gasteiger partial charge in [-0.05, 0) is 36.1 Å². The third-order valence-corrected chi connectivity index (χ3v) is 5.75. The smallest absolute Gasteiger partial charge is 0.307 e. The van der Waals surface area contributed by atoms with Gasteiger partial charge < -0.3 is 10.2 Å². The summed E-state index contributed by atoms with van der Waals surface area (Å²) >= 11 is 0. The van der Waals surface area contributed by atoms with E-state index in [0.717, 1.165) is 11.1 Å². The first-order valence-corrected chi connectivity index (χ1v) is 9.81. The molecule has 1 saturated carbocycles. The van der Waals surface area contributed by atoms with E-state index in [4.69, 9.17) is 0 Å². The Hall–Kier alpha value is -3.28. The summed E-state index contributed by atoms with van der Waals surface area (Å²) in [5.74, 6) is -5.10. The van der Waals surface area contributed by atoms with Gasteiger partial charge >= 0.3 is 11.9 Å². The lowest BCUT2D eigenvalue weighted by atomic mass is 9.52. The highest BCUT2D eigenvalue weighted by Gasteiger charge is 2.58. The summed E-state index contributed by atoms with van der Waals surface area (Å²) in [4.78, 5) is 46.7. The number of carboxylic acids is 2. The summed E-state index contributed by atoms with van der Waals surface area (Å²) in [5, 5.41) is 19.7. The molecule has 0 aliphatic heterocycles. The van der Waals surface area contributed by atoms with Gasteiger partial charge in [0.1, 0.15) is 11.6 Å². The zero-order valence-corrected chi connectivity index (χ0v) is 16.9. The van der Waals surface area contributed by atoms with Gasteiger partial charge in [-0.25, -0.2) is 0 Å². The van der Waals surface area contributed by atoms with E-state index in [1.54, 1.807) is 48.5 Å². The van der Waals surface area contributed by atoms with Gasteiger partial charge in [-0.15, -0.1) is 0 Å². The zero-order valence-electron chi connectivity index (χ0n) is 16.9. The van der Waals surface area contributed by atoms with Crippen molar-refractivity contribution in [3.63, 3.8) is 0 Å². The molecule has 6 nitrogen and oxygen atoms in total. The lowest BCUT2D eigenvalue weighted by Gasteiger charge is -2.48. The van der Waals surface area contributed by atoms with Gasteiger partial charge in [0.05, 0.1) is 11.8 Å². The minimum atomic E-state index is -1.04. The van der Waals surface area contributed by atoms with E-state index in [9.17, 15) is 29.4 Å². The number of aliphatic carboxylic acids is 2. The predicted octanol–water partition coefficient (Wildman–Crippen LogP) is 3.23. The van der Waals surface area contributed by atoms with E-state index in [1.165, 1.54) is 13.8 Å². The molecule has 0 saturated heterocycles. The minimum absolute atomic E-state index is 0.0199. The van der Waals surface area contributed by atoms with Crippen LogP contribution in [0.15, 0.2) is 48.5 Å². The van der Waals surface area contributed by atoms with Crippen LogP contribution >= 0.6 is 0 Å². The molecule has 0 heterocycles. The van der Waals surface area contributed by atoms with Crippen molar-refractivity contribution in [2.75, 3.05) is 0 Å². The Morgan fingerprint density at radius 1 is 0.633 bits per heavy atom. The number of Topliss-reactive ketones (excluding diaryl/α,β-unsaturated/α-hetero) is 2. The molecule has 0 bridgehead atoms. The summed E-state index contributed by atoms with van der Waals surface area (Å²) in [7, 11) is 0. The van der Waals surface area contributed by atoms with Gasteiger partial charge in [-0.1, -0.05) is 48.5 Å². The van der Waals surface area contributed by atoms with Gasteiger partial charge in [0.15, 0.2) is 0 Å². The van der Waals surface area contributed by atoms with Crippen LogP contribution in [0.25, 0.3) is 0 Å². The number of carboxylic acid groups (broad SMARTS) is 2. The van der Waals surface area contributed by atoms with Crippen LogP contribution in [-0.2, 0) is 32.0 Å². The minimum Gasteiger partial charge on any atom is -0.481 e. The van der Waals surface area contributed by atoms with Crippen LogP contribution in [0.5, 0.6) is 0 Å². The Morgan fingerprint density at radius 3 is 1.17 bits per heavy atom. The molecule has 0 unspecified atom stereocenters. The molecule has 2 aromatic carbocycles. The lowest BCUT2D eigenvalue weighted by molar-refractivity contribution is -0.160. The van der Waals surface area contributed by atoms with Crippen LogP contribution in [0.4, 0.5) is 0 Å². The highest BCUT2D eigenvalue weighted by atomic mass is 16.4.